The molecule has 1 aliphatic rings. The maximum atomic E-state index is 11.4. The fraction of sp³-hybridized carbons (Fsp3) is 0.167. The Morgan fingerprint density at radius 3 is 2.85 bits per heavy atom. The lowest BCUT2D eigenvalue weighted by Crippen LogP contribution is -2.00. The zero-order chi connectivity index (χ0) is 14.1. The first-order chi connectivity index (χ1) is 9.63. The number of ketones is 1. The molecule has 1 aliphatic carbocycles. The van der Waals surface area contributed by atoms with Crippen LogP contribution in [-0.2, 0) is 6.42 Å². The van der Waals surface area contributed by atoms with E-state index in [9.17, 15) is 9.90 Å². The molecule has 0 saturated carbocycles. The number of fused-ring (bicyclic) bond motifs is 1. The van der Waals surface area contributed by atoms with Gasteiger partial charge in [0.05, 0.1) is 0 Å². The molecule has 2 aromatic rings. The Morgan fingerprint density at radius 2 is 2.05 bits per heavy atom. The van der Waals surface area contributed by atoms with E-state index in [2.05, 4.69) is 18.2 Å². The Hall–Kier alpha value is -2.35. The number of Topliss-reactive ketones (excluding diaryl/α,β-unsaturated/α-hetero) is 1. The maximum absolute atomic E-state index is 11.4. The van der Waals surface area contributed by atoms with Crippen LogP contribution in [-0.4, -0.2) is 10.9 Å². The van der Waals surface area contributed by atoms with Crippen molar-refractivity contribution < 1.29 is 9.90 Å². The summed E-state index contributed by atoms with van der Waals surface area (Å²) in [5.74, 6) is 0.708. The Labute approximate surface area is 118 Å². The fourth-order valence-corrected chi connectivity index (χ4v) is 2.72. The number of carbonyl (C=O) groups excluding carboxylic acids is 1. The van der Waals surface area contributed by atoms with Crippen molar-refractivity contribution in [2.75, 3.05) is 0 Å². The first-order valence-corrected chi connectivity index (χ1v) is 6.74. The van der Waals surface area contributed by atoms with Gasteiger partial charge in [-0.1, -0.05) is 36.4 Å². The number of benzene rings is 2. The zero-order valence-electron chi connectivity index (χ0n) is 11.3. The summed E-state index contributed by atoms with van der Waals surface area (Å²) in [4.78, 5) is 11.4. The summed E-state index contributed by atoms with van der Waals surface area (Å²) in [5.41, 5.74) is 4.23. The third-order valence-corrected chi connectivity index (χ3v) is 3.77. The largest absolute Gasteiger partial charge is 0.508 e. The molecule has 2 nitrogen and oxygen atoms in total. The number of allylic oxidation sites excluding steroid dienone is 1. The van der Waals surface area contributed by atoms with Crippen molar-refractivity contribution in [2.24, 2.45) is 0 Å². The summed E-state index contributed by atoms with van der Waals surface area (Å²) in [7, 11) is 0. The summed E-state index contributed by atoms with van der Waals surface area (Å²) in [6.45, 7) is 1.59. The summed E-state index contributed by atoms with van der Waals surface area (Å²) >= 11 is 0. The number of rotatable bonds is 3. The van der Waals surface area contributed by atoms with Crippen LogP contribution in [0.3, 0.4) is 0 Å². The summed E-state index contributed by atoms with van der Waals surface area (Å²) < 4.78 is 0. The van der Waals surface area contributed by atoms with Crippen LogP contribution in [0.15, 0.2) is 48.5 Å². The van der Waals surface area contributed by atoms with E-state index in [1.165, 1.54) is 5.56 Å². The lowest BCUT2D eigenvalue weighted by molar-refractivity contribution is 0.101. The quantitative estimate of drug-likeness (QED) is 0.852. The molecule has 100 valence electrons. The van der Waals surface area contributed by atoms with Gasteiger partial charge in [0.2, 0.25) is 0 Å². The molecule has 0 spiro atoms. The van der Waals surface area contributed by atoms with Crippen molar-refractivity contribution in [1.82, 2.24) is 0 Å². The molecule has 0 amide bonds. The second-order valence-electron chi connectivity index (χ2n) is 5.24. The minimum atomic E-state index is 0.0964. The van der Waals surface area contributed by atoms with E-state index in [0.717, 1.165) is 23.1 Å². The standard InChI is InChI=1S/C18H16O2/c1-12(19)14-4-2-3-13(9-14)10-15-5-6-16-11-17(20)7-8-18(15)16/h2-9,11,15,20H,10H2,1H3. The topological polar surface area (TPSA) is 37.3 Å². The van der Waals surface area contributed by atoms with Crippen LogP contribution >= 0.6 is 0 Å². The minimum absolute atomic E-state index is 0.0964. The average molecular weight is 264 g/mol. The van der Waals surface area contributed by atoms with Crippen molar-refractivity contribution in [3.63, 3.8) is 0 Å². The highest BCUT2D eigenvalue weighted by Gasteiger charge is 2.18. The fourth-order valence-electron chi connectivity index (χ4n) is 2.72. The predicted octanol–water partition coefficient (Wildman–Crippen LogP) is 3.95. The van der Waals surface area contributed by atoms with E-state index in [4.69, 9.17) is 0 Å². The van der Waals surface area contributed by atoms with Gasteiger partial charge in [-0.3, -0.25) is 4.79 Å². The van der Waals surface area contributed by atoms with Gasteiger partial charge in [0.25, 0.3) is 0 Å². The SMILES string of the molecule is CC(=O)c1cccc(CC2C=Cc3cc(O)ccc32)c1. The van der Waals surface area contributed by atoms with Gasteiger partial charge in [0.15, 0.2) is 5.78 Å². The van der Waals surface area contributed by atoms with Crippen LogP contribution in [0.1, 0.15) is 39.9 Å². The molecule has 0 saturated heterocycles. The number of hydrogen-bond acceptors (Lipinski definition) is 2. The van der Waals surface area contributed by atoms with Crippen LogP contribution in [0.25, 0.3) is 6.08 Å². The van der Waals surface area contributed by atoms with E-state index in [-0.39, 0.29) is 5.78 Å². The molecule has 0 heterocycles. The number of hydrogen-bond donors (Lipinski definition) is 1. The summed E-state index contributed by atoms with van der Waals surface area (Å²) in [6, 6.07) is 13.3. The third kappa shape index (κ3) is 2.37. The third-order valence-electron chi connectivity index (χ3n) is 3.77. The number of aromatic hydroxyl groups is 1. The molecule has 0 fully saturated rings. The van der Waals surface area contributed by atoms with Gasteiger partial charge < -0.3 is 5.11 Å². The normalized spacial score (nSPS) is 16.1. The molecule has 3 rings (SSSR count). The molecular weight excluding hydrogens is 248 g/mol. The second-order valence-corrected chi connectivity index (χ2v) is 5.24. The first kappa shape index (κ1) is 12.7. The lowest BCUT2D eigenvalue weighted by Gasteiger charge is -2.12. The molecule has 1 atom stereocenters. The van der Waals surface area contributed by atoms with Crippen LogP contribution in [0.2, 0.25) is 0 Å². The highest BCUT2D eigenvalue weighted by atomic mass is 16.3. The molecule has 20 heavy (non-hydrogen) atoms. The minimum Gasteiger partial charge on any atom is -0.508 e. The van der Waals surface area contributed by atoms with E-state index >= 15 is 0 Å². The lowest BCUT2D eigenvalue weighted by atomic mass is 9.92. The highest BCUT2D eigenvalue weighted by molar-refractivity contribution is 5.94. The number of phenolic OH excluding ortho intramolecular Hbond substituents is 1. The van der Waals surface area contributed by atoms with E-state index in [0.29, 0.717) is 11.7 Å². The number of phenols is 1. The monoisotopic (exact) mass is 264 g/mol. The van der Waals surface area contributed by atoms with E-state index < -0.39 is 0 Å². The first-order valence-electron chi connectivity index (χ1n) is 6.74. The summed E-state index contributed by atoms with van der Waals surface area (Å²) in [5, 5.41) is 9.50. The van der Waals surface area contributed by atoms with Crippen LogP contribution in [0.4, 0.5) is 0 Å². The van der Waals surface area contributed by atoms with Gasteiger partial charge in [0.1, 0.15) is 5.75 Å². The van der Waals surface area contributed by atoms with Crippen LogP contribution in [0.5, 0.6) is 5.75 Å². The van der Waals surface area contributed by atoms with Crippen LogP contribution in [0, 0.1) is 0 Å². The smallest absolute Gasteiger partial charge is 0.159 e. The molecule has 1 unspecified atom stereocenters. The predicted molar refractivity (Wildman–Crippen MR) is 80.0 cm³/mol. The summed E-state index contributed by atoms with van der Waals surface area (Å²) in [6.07, 6.45) is 5.08. The van der Waals surface area contributed by atoms with Gasteiger partial charge >= 0.3 is 0 Å². The highest BCUT2D eigenvalue weighted by Crippen LogP contribution is 2.34. The molecule has 0 radical (unpaired) electrons. The van der Waals surface area contributed by atoms with Gasteiger partial charge in [0, 0.05) is 11.5 Å². The average Bonchev–Trinajstić information content (AvgIpc) is 2.81. The Balaban J connectivity index is 1.86. The number of carbonyl (C=O) groups is 1. The zero-order valence-corrected chi connectivity index (χ0v) is 11.3. The van der Waals surface area contributed by atoms with E-state index in [1.807, 2.05) is 24.3 Å². The van der Waals surface area contributed by atoms with Gasteiger partial charge in [-0.2, -0.15) is 0 Å². The van der Waals surface area contributed by atoms with Gasteiger partial charge in [-0.05, 0) is 48.2 Å². The molecule has 0 aliphatic heterocycles. The molecule has 0 aromatic heterocycles. The Kier molecular flexibility index (Phi) is 3.15. The maximum Gasteiger partial charge on any atom is 0.159 e. The van der Waals surface area contributed by atoms with Crippen molar-refractivity contribution in [3.05, 3.63) is 70.8 Å². The van der Waals surface area contributed by atoms with Crippen molar-refractivity contribution >= 4 is 11.9 Å². The molecule has 2 aromatic carbocycles. The van der Waals surface area contributed by atoms with Crippen molar-refractivity contribution in [2.45, 2.75) is 19.3 Å². The van der Waals surface area contributed by atoms with E-state index in [1.54, 1.807) is 19.1 Å². The van der Waals surface area contributed by atoms with Crippen LogP contribution < -0.4 is 0 Å². The Morgan fingerprint density at radius 1 is 1.20 bits per heavy atom. The molecule has 0 bridgehead atoms. The van der Waals surface area contributed by atoms with Gasteiger partial charge in [-0.15, -0.1) is 0 Å². The molecule has 2 heteroatoms. The molecular formula is C18H16O2. The van der Waals surface area contributed by atoms with Crippen molar-refractivity contribution in [3.8, 4) is 5.75 Å². The second kappa shape index (κ2) is 4.97. The van der Waals surface area contributed by atoms with Crippen molar-refractivity contribution in [1.29, 1.82) is 0 Å². The molecule has 1 N–H and O–H groups in total. The Bertz CT molecular complexity index is 698. The van der Waals surface area contributed by atoms with Gasteiger partial charge in [-0.25, -0.2) is 0 Å².